The van der Waals surface area contributed by atoms with Crippen molar-refractivity contribution in [3.05, 3.63) is 47.3 Å². The van der Waals surface area contributed by atoms with Crippen LogP contribution < -0.4 is 5.73 Å². The third-order valence-corrected chi connectivity index (χ3v) is 3.46. The molecular weight excluding hydrogens is 210 g/mol. The number of rotatable bonds is 2. The van der Waals surface area contributed by atoms with Gasteiger partial charge in [-0.1, -0.05) is 18.2 Å². The zero-order valence-corrected chi connectivity index (χ0v) is 9.89. The number of nitrogens with two attached hydrogens (primary N) is 1. The number of hydrogen-bond acceptors (Lipinski definition) is 2. The molecule has 1 aromatic carbocycles. The lowest BCUT2D eigenvalue weighted by atomic mass is 9.96. The molecule has 2 N–H and O–H groups in total. The van der Waals surface area contributed by atoms with Gasteiger partial charge in [-0.15, -0.1) is 0 Å². The zero-order chi connectivity index (χ0) is 11.7. The lowest BCUT2D eigenvalue weighted by Crippen LogP contribution is -2.09. The van der Waals surface area contributed by atoms with E-state index in [9.17, 15) is 0 Å². The van der Waals surface area contributed by atoms with Gasteiger partial charge in [0.25, 0.3) is 0 Å². The van der Waals surface area contributed by atoms with Gasteiger partial charge < -0.3 is 5.73 Å². The molecule has 0 fully saturated rings. The van der Waals surface area contributed by atoms with E-state index >= 15 is 0 Å². The minimum atomic E-state index is 0.567. The third-order valence-electron chi connectivity index (χ3n) is 3.46. The van der Waals surface area contributed by atoms with Crippen molar-refractivity contribution in [2.24, 2.45) is 5.73 Å². The highest BCUT2D eigenvalue weighted by Crippen LogP contribution is 2.25. The highest BCUT2D eigenvalue weighted by Gasteiger charge is 2.19. The van der Waals surface area contributed by atoms with E-state index in [1.54, 1.807) is 0 Å². The topological polar surface area (TPSA) is 43.8 Å². The second kappa shape index (κ2) is 4.34. The summed E-state index contributed by atoms with van der Waals surface area (Å²) >= 11 is 0. The van der Waals surface area contributed by atoms with Gasteiger partial charge in [0.05, 0.1) is 17.1 Å². The molecular formula is C14H17N3. The number of benzene rings is 1. The van der Waals surface area contributed by atoms with Gasteiger partial charge in [0.2, 0.25) is 0 Å². The molecule has 1 heterocycles. The van der Waals surface area contributed by atoms with Gasteiger partial charge in [0.15, 0.2) is 0 Å². The Morgan fingerprint density at radius 2 is 1.88 bits per heavy atom. The third kappa shape index (κ3) is 1.76. The van der Waals surface area contributed by atoms with Crippen LogP contribution in [0.15, 0.2) is 30.3 Å². The van der Waals surface area contributed by atoms with E-state index in [0.717, 1.165) is 18.5 Å². The van der Waals surface area contributed by atoms with Crippen LogP contribution in [0.25, 0.3) is 5.69 Å². The smallest absolute Gasteiger partial charge is 0.0664 e. The summed E-state index contributed by atoms with van der Waals surface area (Å²) in [5.74, 6) is 0. The van der Waals surface area contributed by atoms with Crippen LogP contribution in [0.2, 0.25) is 0 Å². The number of para-hydroxylation sites is 1. The van der Waals surface area contributed by atoms with Crippen molar-refractivity contribution in [1.29, 1.82) is 0 Å². The van der Waals surface area contributed by atoms with E-state index in [1.165, 1.54) is 29.8 Å². The van der Waals surface area contributed by atoms with Crippen LogP contribution >= 0.6 is 0 Å². The van der Waals surface area contributed by atoms with Crippen molar-refractivity contribution >= 4 is 0 Å². The van der Waals surface area contributed by atoms with Crippen molar-refractivity contribution in [2.75, 3.05) is 0 Å². The predicted molar refractivity (Wildman–Crippen MR) is 68.1 cm³/mol. The first kappa shape index (κ1) is 10.5. The first-order chi connectivity index (χ1) is 8.40. The van der Waals surface area contributed by atoms with Crippen molar-refractivity contribution in [1.82, 2.24) is 9.78 Å². The number of fused-ring (bicyclic) bond motifs is 1. The lowest BCUT2D eigenvalue weighted by Gasteiger charge is -2.10. The Labute approximate surface area is 101 Å². The fourth-order valence-electron chi connectivity index (χ4n) is 2.61. The van der Waals surface area contributed by atoms with E-state index in [0.29, 0.717) is 6.54 Å². The molecule has 17 heavy (non-hydrogen) atoms. The standard InChI is InChI=1S/C14H17N3/c15-10-14-12-8-4-5-9-13(12)16-17(14)11-6-2-1-3-7-11/h1-3,6-7H,4-5,8-10,15H2. The SMILES string of the molecule is NCc1c2c(nn1-c1ccccc1)CCCC2. The Balaban J connectivity index is 2.14. The lowest BCUT2D eigenvalue weighted by molar-refractivity contribution is 0.670. The maximum absolute atomic E-state index is 5.90. The summed E-state index contributed by atoms with van der Waals surface area (Å²) in [6.45, 7) is 0.567. The van der Waals surface area contributed by atoms with Gasteiger partial charge in [-0.3, -0.25) is 0 Å². The van der Waals surface area contributed by atoms with Crippen LogP contribution in [0.4, 0.5) is 0 Å². The Morgan fingerprint density at radius 1 is 1.12 bits per heavy atom. The Bertz CT molecular complexity index is 514. The summed E-state index contributed by atoms with van der Waals surface area (Å²) in [4.78, 5) is 0. The minimum absolute atomic E-state index is 0.567. The molecule has 1 aliphatic rings. The molecule has 0 aliphatic heterocycles. The zero-order valence-electron chi connectivity index (χ0n) is 9.89. The molecule has 0 atom stereocenters. The summed E-state index contributed by atoms with van der Waals surface area (Å²) in [5, 5.41) is 4.73. The first-order valence-electron chi connectivity index (χ1n) is 6.25. The van der Waals surface area contributed by atoms with Crippen molar-refractivity contribution in [3.63, 3.8) is 0 Å². The molecule has 3 rings (SSSR count). The number of aromatic nitrogens is 2. The first-order valence-corrected chi connectivity index (χ1v) is 6.25. The molecule has 0 unspecified atom stereocenters. The Morgan fingerprint density at radius 3 is 2.65 bits per heavy atom. The van der Waals surface area contributed by atoms with Crippen LogP contribution in [0.1, 0.15) is 29.8 Å². The van der Waals surface area contributed by atoms with E-state index < -0.39 is 0 Å². The summed E-state index contributed by atoms with van der Waals surface area (Å²) in [5.41, 5.74) is 10.8. The van der Waals surface area contributed by atoms with Gasteiger partial charge in [-0.05, 0) is 43.4 Å². The molecule has 0 saturated heterocycles. The van der Waals surface area contributed by atoms with Gasteiger partial charge in [-0.2, -0.15) is 5.10 Å². The van der Waals surface area contributed by atoms with Gasteiger partial charge in [0, 0.05) is 6.54 Å². The fourth-order valence-corrected chi connectivity index (χ4v) is 2.61. The highest BCUT2D eigenvalue weighted by atomic mass is 15.3. The highest BCUT2D eigenvalue weighted by molar-refractivity contribution is 5.38. The number of aryl methyl sites for hydroxylation is 1. The summed E-state index contributed by atoms with van der Waals surface area (Å²) in [6.07, 6.45) is 4.75. The Hall–Kier alpha value is -1.61. The monoisotopic (exact) mass is 227 g/mol. The van der Waals surface area contributed by atoms with Crippen LogP contribution in [0.3, 0.4) is 0 Å². The molecule has 0 spiro atoms. The van der Waals surface area contributed by atoms with E-state index in [2.05, 4.69) is 12.1 Å². The largest absolute Gasteiger partial charge is 0.325 e. The molecule has 0 bridgehead atoms. The molecule has 2 aromatic rings. The average molecular weight is 227 g/mol. The van der Waals surface area contributed by atoms with E-state index in [4.69, 9.17) is 10.8 Å². The average Bonchev–Trinajstić information content (AvgIpc) is 2.78. The quantitative estimate of drug-likeness (QED) is 0.854. The molecule has 3 nitrogen and oxygen atoms in total. The van der Waals surface area contributed by atoms with Crippen molar-refractivity contribution in [2.45, 2.75) is 32.2 Å². The maximum atomic E-state index is 5.90. The van der Waals surface area contributed by atoms with Crippen LogP contribution in [0, 0.1) is 0 Å². The van der Waals surface area contributed by atoms with Gasteiger partial charge in [-0.25, -0.2) is 4.68 Å². The molecule has 0 radical (unpaired) electrons. The van der Waals surface area contributed by atoms with Crippen molar-refractivity contribution < 1.29 is 0 Å². The minimum Gasteiger partial charge on any atom is -0.325 e. The fraction of sp³-hybridized carbons (Fsp3) is 0.357. The molecule has 0 saturated carbocycles. The maximum Gasteiger partial charge on any atom is 0.0664 e. The second-order valence-electron chi connectivity index (χ2n) is 4.53. The molecule has 1 aromatic heterocycles. The summed E-state index contributed by atoms with van der Waals surface area (Å²) < 4.78 is 2.02. The van der Waals surface area contributed by atoms with E-state index in [-0.39, 0.29) is 0 Å². The van der Waals surface area contributed by atoms with E-state index in [1.807, 2.05) is 22.9 Å². The van der Waals surface area contributed by atoms with Gasteiger partial charge >= 0.3 is 0 Å². The summed E-state index contributed by atoms with van der Waals surface area (Å²) in [7, 11) is 0. The molecule has 1 aliphatic carbocycles. The molecule has 0 amide bonds. The van der Waals surface area contributed by atoms with Crippen LogP contribution in [-0.4, -0.2) is 9.78 Å². The normalized spacial score (nSPS) is 14.6. The predicted octanol–water partition coefficient (Wildman–Crippen LogP) is 2.21. The van der Waals surface area contributed by atoms with Crippen LogP contribution in [-0.2, 0) is 19.4 Å². The molecule has 3 heteroatoms. The number of hydrogen-bond donors (Lipinski definition) is 1. The van der Waals surface area contributed by atoms with Gasteiger partial charge in [0.1, 0.15) is 0 Å². The van der Waals surface area contributed by atoms with Crippen LogP contribution in [0.5, 0.6) is 0 Å². The Kier molecular flexibility index (Phi) is 2.69. The molecule has 88 valence electrons. The number of nitrogens with zero attached hydrogens (tertiary/aromatic N) is 2. The summed E-state index contributed by atoms with van der Waals surface area (Å²) in [6, 6.07) is 10.3. The second-order valence-corrected chi connectivity index (χ2v) is 4.53. The van der Waals surface area contributed by atoms with Crippen molar-refractivity contribution in [3.8, 4) is 5.69 Å².